The summed E-state index contributed by atoms with van der Waals surface area (Å²) >= 11 is 0. The summed E-state index contributed by atoms with van der Waals surface area (Å²) in [7, 11) is 0. The minimum absolute atomic E-state index is 0.290. The van der Waals surface area contributed by atoms with E-state index in [1.54, 1.807) is 0 Å². The van der Waals surface area contributed by atoms with Gasteiger partial charge in [-0.25, -0.2) is 0 Å². The lowest BCUT2D eigenvalue weighted by Gasteiger charge is -2.20. The fraction of sp³-hybridized carbons (Fsp3) is 0.467. The molecule has 0 radical (unpaired) electrons. The zero-order chi connectivity index (χ0) is 12.1. The molecule has 0 aromatic heterocycles. The summed E-state index contributed by atoms with van der Waals surface area (Å²) in [5.41, 5.74) is 5.15. The van der Waals surface area contributed by atoms with Crippen LogP contribution >= 0.6 is 0 Å². The first kappa shape index (κ1) is 13.0. The molecule has 1 rings (SSSR count). The van der Waals surface area contributed by atoms with Crippen molar-refractivity contribution in [1.29, 1.82) is 0 Å². The highest BCUT2D eigenvalue weighted by Crippen LogP contribution is 2.22. The molecule has 1 heteroatoms. The van der Waals surface area contributed by atoms with Gasteiger partial charge in [-0.05, 0) is 39.3 Å². The predicted octanol–water partition coefficient (Wildman–Crippen LogP) is 3.92. The molecule has 0 aliphatic carbocycles. The van der Waals surface area contributed by atoms with Crippen molar-refractivity contribution in [1.82, 2.24) is 5.32 Å². The molecule has 1 N–H and O–H groups in total. The zero-order valence-electron chi connectivity index (χ0n) is 10.9. The van der Waals surface area contributed by atoms with Gasteiger partial charge in [-0.15, -0.1) is 0 Å². The largest absolute Gasteiger partial charge is 0.307 e. The van der Waals surface area contributed by atoms with Crippen LogP contribution in [0.2, 0.25) is 0 Å². The van der Waals surface area contributed by atoms with Crippen molar-refractivity contribution in [3.05, 3.63) is 47.0 Å². The summed E-state index contributed by atoms with van der Waals surface area (Å²) in [6, 6.07) is 6.99. The Morgan fingerprint density at radius 1 is 1.25 bits per heavy atom. The average Bonchev–Trinajstić information content (AvgIpc) is 2.16. The number of rotatable bonds is 5. The van der Waals surface area contributed by atoms with Gasteiger partial charge in [-0.3, -0.25) is 0 Å². The predicted molar refractivity (Wildman–Crippen MR) is 71.8 cm³/mol. The maximum atomic E-state index is 4.08. The fourth-order valence-corrected chi connectivity index (χ4v) is 2.04. The van der Waals surface area contributed by atoms with E-state index in [1.165, 1.54) is 22.3 Å². The Kier molecular flexibility index (Phi) is 4.75. The highest BCUT2D eigenvalue weighted by atomic mass is 14.9. The lowest BCUT2D eigenvalue weighted by atomic mass is 9.97. The van der Waals surface area contributed by atoms with Crippen LogP contribution in [-0.4, -0.2) is 6.54 Å². The maximum Gasteiger partial charge on any atom is 0.0530 e. The van der Waals surface area contributed by atoms with Gasteiger partial charge in [0.25, 0.3) is 0 Å². The van der Waals surface area contributed by atoms with E-state index in [1.807, 2.05) is 0 Å². The topological polar surface area (TPSA) is 12.0 Å². The van der Waals surface area contributed by atoms with Crippen LogP contribution in [0, 0.1) is 13.8 Å². The molecule has 16 heavy (non-hydrogen) atoms. The van der Waals surface area contributed by atoms with Gasteiger partial charge in [0.05, 0.1) is 6.04 Å². The molecule has 0 amide bonds. The third-order valence-electron chi connectivity index (χ3n) is 2.67. The maximum absolute atomic E-state index is 4.08. The second kappa shape index (κ2) is 5.86. The van der Waals surface area contributed by atoms with Crippen molar-refractivity contribution in [3.63, 3.8) is 0 Å². The van der Waals surface area contributed by atoms with Crippen LogP contribution in [0.15, 0.2) is 30.4 Å². The average molecular weight is 217 g/mol. The molecule has 0 aliphatic rings. The fourth-order valence-electron chi connectivity index (χ4n) is 2.04. The Bertz CT molecular complexity index is 345. The van der Waals surface area contributed by atoms with Crippen molar-refractivity contribution >= 4 is 0 Å². The summed E-state index contributed by atoms with van der Waals surface area (Å²) in [6.45, 7) is 13.7. The SMILES string of the molecule is C=C(C)C(NCCC)c1cc(C)cc(C)c1. The van der Waals surface area contributed by atoms with Gasteiger partial charge in [0.15, 0.2) is 0 Å². The van der Waals surface area contributed by atoms with Crippen LogP contribution in [0.25, 0.3) is 0 Å². The molecule has 1 aromatic rings. The summed E-state index contributed by atoms with van der Waals surface area (Å²) in [4.78, 5) is 0. The van der Waals surface area contributed by atoms with Crippen molar-refractivity contribution < 1.29 is 0 Å². The van der Waals surface area contributed by atoms with Crippen LogP contribution in [0.4, 0.5) is 0 Å². The summed E-state index contributed by atoms with van der Waals surface area (Å²) in [5.74, 6) is 0. The lowest BCUT2D eigenvalue weighted by molar-refractivity contribution is 0.590. The van der Waals surface area contributed by atoms with Crippen molar-refractivity contribution in [2.45, 2.75) is 40.2 Å². The zero-order valence-corrected chi connectivity index (χ0v) is 10.9. The van der Waals surface area contributed by atoms with Crippen molar-refractivity contribution in [3.8, 4) is 0 Å². The van der Waals surface area contributed by atoms with Crippen molar-refractivity contribution in [2.75, 3.05) is 6.54 Å². The molecule has 1 nitrogen and oxygen atoms in total. The van der Waals surface area contributed by atoms with Crippen LogP contribution < -0.4 is 5.32 Å². The van der Waals surface area contributed by atoms with Crippen molar-refractivity contribution in [2.24, 2.45) is 0 Å². The van der Waals surface area contributed by atoms with Crippen LogP contribution in [0.5, 0.6) is 0 Å². The van der Waals surface area contributed by atoms with E-state index < -0.39 is 0 Å². The molecule has 0 heterocycles. The number of hydrogen-bond acceptors (Lipinski definition) is 1. The van der Waals surface area contributed by atoms with E-state index in [9.17, 15) is 0 Å². The molecule has 1 atom stereocenters. The van der Waals surface area contributed by atoms with Gasteiger partial charge in [0.1, 0.15) is 0 Å². The Balaban J connectivity index is 2.96. The van der Waals surface area contributed by atoms with E-state index >= 15 is 0 Å². The minimum atomic E-state index is 0.290. The summed E-state index contributed by atoms with van der Waals surface area (Å²) in [5, 5.41) is 3.54. The lowest BCUT2D eigenvalue weighted by Crippen LogP contribution is -2.22. The normalized spacial score (nSPS) is 12.5. The van der Waals surface area contributed by atoms with Crippen LogP contribution in [-0.2, 0) is 0 Å². The standard InChI is InChI=1S/C15H23N/c1-6-7-16-15(11(2)3)14-9-12(4)8-13(5)10-14/h8-10,15-16H,2,6-7H2,1,3-5H3. The Morgan fingerprint density at radius 2 is 1.81 bits per heavy atom. The van der Waals surface area contributed by atoms with Gasteiger partial charge in [0.2, 0.25) is 0 Å². The van der Waals surface area contributed by atoms with Gasteiger partial charge in [-0.2, -0.15) is 0 Å². The van der Waals surface area contributed by atoms with E-state index in [4.69, 9.17) is 0 Å². The minimum Gasteiger partial charge on any atom is -0.307 e. The monoisotopic (exact) mass is 217 g/mol. The molecular weight excluding hydrogens is 194 g/mol. The quantitative estimate of drug-likeness (QED) is 0.737. The summed E-state index contributed by atoms with van der Waals surface area (Å²) < 4.78 is 0. The molecule has 1 unspecified atom stereocenters. The second-order valence-electron chi connectivity index (χ2n) is 4.65. The third kappa shape index (κ3) is 3.49. The molecule has 0 saturated carbocycles. The summed E-state index contributed by atoms with van der Waals surface area (Å²) in [6.07, 6.45) is 1.15. The first-order valence-electron chi connectivity index (χ1n) is 6.01. The van der Waals surface area contributed by atoms with Crippen LogP contribution in [0.3, 0.4) is 0 Å². The Hall–Kier alpha value is -1.08. The molecule has 0 saturated heterocycles. The highest BCUT2D eigenvalue weighted by Gasteiger charge is 2.11. The van der Waals surface area contributed by atoms with E-state index in [0.717, 1.165) is 13.0 Å². The first-order chi connectivity index (χ1) is 7.54. The number of benzene rings is 1. The molecular formula is C15H23N. The van der Waals surface area contributed by atoms with Crippen LogP contribution in [0.1, 0.15) is 43.0 Å². The molecule has 1 aromatic carbocycles. The molecule has 0 spiro atoms. The smallest absolute Gasteiger partial charge is 0.0530 e. The Labute approximate surface area is 99.6 Å². The van der Waals surface area contributed by atoms with E-state index in [0.29, 0.717) is 6.04 Å². The molecule has 0 fully saturated rings. The third-order valence-corrected chi connectivity index (χ3v) is 2.67. The number of aryl methyl sites for hydroxylation is 2. The molecule has 0 aliphatic heterocycles. The van der Waals surface area contributed by atoms with Gasteiger partial charge < -0.3 is 5.32 Å². The Morgan fingerprint density at radius 3 is 2.25 bits per heavy atom. The number of nitrogens with one attached hydrogen (secondary N) is 1. The molecule has 0 bridgehead atoms. The van der Waals surface area contributed by atoms with Gasteiger partial charge >= 0.3 is 0 Å². The number of hydrogen-bond donors (Lipinski definition) is 1. The molecule has 88 valence electrons. The first-order valence-corrected chi connectivity index (χ1v) is 6.01. The van der Waals surface area contributed by atoms with E-state index in [-0.39, 0.29) is 0 Å². The van der Waals surface area contributed by atoms with E-state index in [2.05, 4.69) is 57.8 Å². The van der Waals surface area contributed by atoms with Gasteiger partial charge in [0, 0.05) is 0 Å². The highest BCUT2D eigenvalue weighted by molar-refractivity contribution is 5.34. The van der Waals surface area contributed by atoms with Gasteiger partial charge in [-0.1, -0.05) is 48.4 Å². The second-order valence-corrected chi connectivity index (χ2v) is 4.65.